The third kappa shape index (κ3) is 3.45. The number of rotatable bonds is 5. The average Bonchev–Trinajstić information content (AvgIpc) is 2.47. The Morgan fingerprint density at radius 1 is 1.30 bits per heavy atom. The molecule has 2 rings (SSSR count). The molecule has 0 bridgehead atoms. The molecule has 0 saturated heterocycles. The van der Waals surface area contributed by atoms with E-state index in [9.17, 15) is 0 Å². The van der Waals surface area contributed by atoms with Gasteiger partial charge in [0.15, 0.2) is 0 Å². The van der Waals surface area contributed by atoms with Crippen LogP contribution in [0.4, 0.5) is 5.69 Å². The summed E-state index contributed by atoms with van der Waals surface area (Å²) in [4.78, 5) is 2.36. The highest BCUT2D eigenvalue weighted by molar-refractivity contribution is 5.60. The molecule has 0 unspecified atom stereocenters. The SMILES string of the molecule is COc1cccc(N(C)CC2CCCCC2)c1[C@@H](C)N. The highest BCUT2D eigenvalue weighted by atomic mass is 16.5. The summed E-state index contributed by atoms with van der Waals surface area (Å²) < 4.78 is 5.48. The predicted octanol–water partition coefficient (Wildman–Crippen LogP) is 3.73. The molecule has 20 heavy (non-hydrogen) atoms. The minimum Gasteiger partial charge on any atom is -0.496 e. The van der Waals surface area contributed by atoms with Gasteiger partial charge in [0.05, 0.1) is 7.11 Å². The largest absolute Gasteiger partial charge is 0.496 e. The summed E-state index contributed by atoms with van der Waals surface area (Å²) in [5, 5.41) is 0. The molecule has 1 aromatic carbocycles. The van der Waals surface area contributed by atoms with Crippen molar-refractivity contribution in [2.24, 2.45) is 11.7 Å². The van der Waals surface area contributed by atoms with Crippen LogP contribution in [0.2, 0.25) is 0 Å². The van der Waals surface area contributed by atoms with Gasteiger partial charge in [-0.2, -0.15) is 0 Å². The number of hydrogen-bond acceptors (Lipinski definition) is 3. The normalized spacial score (nSPS) is 17.8. The van der Waals surface area contributed by atoms with E-state index >= 15 is 0 Å². The van der Waals surface area contributed by atoms with Crippen molar-refractivity contribution in [3.05, 3.63) is 23.8 Å². The summed E-state index contributed by atoms with van der Waals surface area (Å²) in [5.74, 6) is 1.72. The van der Waals surface area contributed by atoms with Crippen molar-refractivity contribution in [3.8, 4) is 5.75 Å². The Hall–Kier alpha value is -1.22. The molecule has 0 spiro atoms. The van der Waals surface area contributed by atoms with Crippen LogP contribution in [0.3, 0.4) is 0 Å². The lowest BCUT2D eigenvalue weighted by Gasteiger charge is -2.31. The first-order valence-electron chi connectivity index (χ1n) is 7.77. The fourth-order valence-corrected chi connectivity index (χ4v) is 3.36. The number of methoxy groups -OCH3 is 1. The molecule has 3 nitrogen and oxygen atoms in total. The van der Waals surface area contributed by atoms with Gasteiger partial charge in [-0.15, -0.1) is 0 Å². The second-order valence-electron chi connectivity index (χ2n) is 6.07. The zero-order valence-corrected chi connectivity index (χ0v) is 13.1. The molecule has 1 saturated carbocycles. The number of benzene rings is 1. The maximum absolute atomic E-state index is 6.16. The van der Waals surface area contributed by atoms with E-state index in [-0.39, 0.29) is 6.04 Å². The molecular formula is C17H28N2O. The molecular weight excluding hydrogens is 248 g/mol. The summed E-state index contributed by atoms with van der Waals surface area (Å²) in [6, 6.07) is 6.19. The molecule has 1 atom stereocenters. The van der Waals surface area contributed by atoms with E-state index in [1.165, 1.54) is 37.8 Å². The van der Waals surface area contributed by atoms with Crippen LogP contribution in [0.25, 0.3) is 0 Å². The van der Waals surface area contributed by atoms with Gasteiger partial charge in [0.25, 0.3) is 0 Å². The fraction of sp³-hybridized carbons (Fsp3) is 0.647. The van der Waals surface area contributed by atoms with Crippen LogP contribution in [-0.4, -0.2) is 20.7 Å². The summed E-state index contributed by atoms with van der Waals surface area (Å²) in [6.07, 6.45) is 6.90. The molecule has 0 radical (unpaired) electrons. The zero-order valence-electron chi connectivity index (χ0n) is 13.1. The van der Waals surface area contributed by atoms with E-state index in [4.69, 9.17) is 10.5 Å². The van der Waals surface area contributed by atoms with Crippen molar-refractivity contribution in [2.45, 2.75) is 45.1 Å². The summed E-state index contributed by atoms with van der Waals surface area (Å²) >= 11 is 0. The smallest absolute Gasteiger partial charge is 0.125 e. The Morgan fingerprint density at radius 2 is 2.00 bits per heavy atom. The molecule has 112 valence electrons. The van der Waals surface area contributed by atoms with Crippen molar-refractivity contribution in [3.63, 3.8) is 0 Å². The highest BCUT2D eigenvalue weighted by Crippen LogP contribution is 2.34. The van der Waals surface area contributed by atoms with Gasteiger partial charge in [-0.05, 0) is 37.8 Å². The monoisotopic (exact) mass is 276 g/mol. The molecule has 3 heteroatoms. The van der Waals surface area contributed by atoms with Crippen LogP contribution in [-0.2, 0) is 0 Å². The second kappa shape index (κ2) is 6.98. The first-order valence-corrected chi connectivity index (χ1v) is 7.77. The Kier molecular flexibility index (Phi) is 5.30. The minimum absolute atomic E-state index is 0.0186. The van der Waals surface area contributed by atoms with Crippen LogP contribution in [0.1, 0.15) is 50.6 Å². The van der Waals surface area contributed by atoms with Crippen molar-refractivity contribution in [1.29, 1.82) is 0 Å². The van der Waals surface area contributed by atoms with E-state index in [2.05, 4.69) is 24.1 Å². The van der Waals surface area contributed by atoms with E-state index < -0.39 is 0 Å². The van der Waals surface area contributed by atoms with Crippen molar-refractivity contribution in [2.75, 3.05) is 25.6 Å². The summed E-state index contributed by atoms with van der Waals surface area (Å²) in [6.45, 7) is 3.14. The van der Waals surface area contributed by atoms with Gasteiger partial charge >= 0.3 is 0 Å². The maximum Gasteiger partial charge on any atom is 0.125 e. The third-order valence-electron chi connectivity index (χ3n) is 4.39. The molecule has 0 heterocycles. The van der Waals surface area contributed by atoms with Gasteiger partial charge < -0.3 is 15.4 Å². The van der Waals surface area contributed by atoms with Crippen molar-refractivity contribution >= 4 is 5.69 Å². The van der Waals surface area contributed by atoms with Gasteiger partial charge in [-0.25, -0.2) is 0 Å². The van der Waals surface area contributed by atoms with Crippen LogP contribution < -0.4 is 15.4 Å². The third-order valence-corrected chi connectivity index (χ3v) is 4.39. The van der Waals surface area contributed by atoms with E-state index in [0.717, 1.165) is 23.8 Å². The first kappa shape index (κ1) is 15.2. The number of nitrogens with two attached hydrogens (primary N) is 1. The number of nitrogens with zero attached hydrogens (tertiary/aromatic N) is 1. The van der Waals surface area contributed by atoms with Crippen LogP contribution in [0.15, 0.2) is 18.2 Å². The fourth-order valence-electron chi connectivity index (χ4n) is 3.36. The lowest BCUT2D eigenvalue weighted by molar-refractivity contribution is 0.361. The lowest BCUT2D eigenvalue weighted by atomic mass is 9.88. The quantitative estimate of drug-likeness (QED) is 0.890. The second-order valence-corrected chi connectivity index (χ2v) is 6.07. The number of ether oxygens (including phenoxy) is 1. The highest BCUT2D eigenvalue weighted by Gasteiger charge is 2.20. The minimum atomic E-state index is -0.0186. The molecule has 0 aromatic heterocycles. The van der Waals surface area contributed by atoms with E-state index in [1.54, 1.807) is 7.11 Å². The number of anilines is 1. The van der Waals surface area contributed by atoms with Gasteiger partial charge in [-0.3, -0.25) is 0 Å². The van der Waals surface area contributed by atoms with Gasteiger partial charge in [-0.1, -0.05) is 25.3 Å². The Bertz CT molecular complexity index is 425. The van der Waals surface area contributed by atoms with Gasteiger partial charge in [0.1, 0.15) is 5.75 Å². The van der Waals surface area contributed by atoms with Crippen molar-refractivity contribution < 1.29 is 4.74 Å². The van der Waals surface area contributed by atoms with Crippen LogP contribution in [0, 0.1) is 5.92 Å². The number of hydrogen-bond donors (Lipinski definition) is 1. The van der Waals surface area contributed by atoms with Gasteiger partial charge in [0.2, 0.25) is 0 Å². The molecule has 0 aliphatic heterocycles. The first-order chi connectivity index (χ1) is 9.63. The van der Waals surface area contributed by atoms with Gasteiger partial charge in [0, 0.05) is 30.9 Å². The molecule has 0 amide bonds. The van der Waals surface area contributed by atoms with Crippen molar-refractivity contribution in [1.82, 2.24) is 0 Å². The summed E-state index contributed by atoms with van der Waals surface area (Å²) in [5.41, 5.74) is 8.49. The van der Waals surface area contributed by atoms with E-state index in [1.807, 2.05) is 13.0 Å². The molecule has 1 aromatic rings. The standard InChI is InChI=1S/C17H28N2O/c1-13(18)17-15(10-7-11-16(17)20-3)19(2)12-14-8-5-4-6-9-14/h7,10-11,13-14H,4-6,8-9,12,18H2,1-3H3/t13-/m1/s1. The molecule has 1 aliphatic carbocycles. The predicted molar refractivity (Wildman–Crippen MR) is 85.4 cm³/mol. The Balaban J connectivity index is 2.17. The Morgan fingerprint density at radius 3 is 2.60 bits per heavy atom. The van der Waals surface area contributed by atoms with Crippen LogP contribution >= 0.6 is 0 Å². The van der Waals surface area contributed by atoms with E-state index in [0.29, 0.717) is 0 Å². The Labute approximate surface area is 123 Å². The average molecular weight is 276 g/mol. The maximum atomic E-state index is 6.16. The van der Waals surface area contributed by atoms with Crippen LogP contribution in [0.5, 0.6) is 5.75 Å². The molecule has 1 fully saturated rings. The molecule has 2 N–H and O–H groups in total. The zero-order chi connectivity index (χ0) is 14.5. The summed E-state index contributed by atoms with van der Waals surface area (Å²) in [7, 11) is 3.89. The topological polar surface area (TPSA) is 38.5 Å². The lowest BCUT2D eigenvalue weighted by Crippen LogP contribution is -2.28. The molecule has 1 aliphatic rings.